The van der Waals surface area contributed by atoms with Crippen LogP contribution < -0.4 is 16.0 Å². The third-order valence-electron chi connectivity index (χ3n) is 3.97. The molecule has 0 atom stereocenters. The number of carbonyl (C=O) groups is 1. The van der Waals surface area contributed by atoms with E-state index in [0.29, 0.717) is 11.3 Å². The van der Waals surface area contributed by atoms with E-state index in [0.717, 1.165) is 0 Å². The molecule has 3 rings (SSSR count). The number of benzene rings is 2. The summed E-state index contributed by atoms with van der Waals surface area (Å²) in [5, 5.41) is 7.57. The molecule has 3 aromatic rings. The van der Waals surface area contributed by atoms with Gasteiger partial charge in [-0.25, -0.2) is 17.9 Å². The van der Waals surface area contributed by atoms with Crippen molar-refractivity contribution in [1.29, 1.82) is 0 Å². The number of halogens is 1. The lowest BCUT2D eigenvalue weighted by Gasteiger charge is -2.09. The predicted octanol–water partition coefficient (Wildman–Crippen LogP) is 1.94. The van der Waals surface area contributed by atoms with Gasteiger partial charge < -0.3 is 9.88 Å². The maximum absolute atomic E-state index is 13.0. The summed E-state index contributed by atoms with van der Waals surface area (Å²) < 4.78 is 36.9. The molecule has 0 unspecified atom stereocenters. The summed E-state index contributed by atoms with van der Waals surface area (Å²) in [5.74, 6) is -1.01. The number of nitrogens with two attached hydrogens (primary N) is 1. The highest BCUT2D eigenvalue weighted by atomic mass is 32.2. The molecule has 0 aliphatic rings. The molecule has 0 saturated heterocycles. The van der Waals surface area contributed by atoms with E-state index >= 15 is 0 Å². The van der Waals surface area contributed by atoms with Crippen molar-refractivity contribution in [3.8, 4) is 0 Å². The van der Waals surface area contributed by atoms with Crippen molar-refractivity contribution in [2.24, 2.45) is 5.14 Å². The molecule has 0 aliphatic heterocycles. The van der Waals surface area contributed by atoms with Crippen molar-refractivity contribution in [3.63, 3.8) is 0 Å². The van der Waals surface area contributed by atoms with Gasteiger partial charge >= 0.3 is 0 Å². The number of anilines is 1. The Hall–Kier alpha value is -3.30. The summed E-state index contributed by atoms with van der Waals surface area (Å²) in [7, 11) is -3.83. The molecule has 1 aromatic heterocycles. The quantitative estimate of drug-likeness (QED) is 0.680. The third-order valence-corrected chi connectivity index (χ3v) is 4.90. The zero-order chi connectivity index (χ0) is 20.3. The first-order valence-electron chi connectivity index (χ1n) is 8.12. The van der Waals surface area contributed by atoms with Gasteiger partial charge in [0, 0.05) is 11.9 Å². The number of carbonyl (C=O) groups excluding carboxylic acids is 1. The zero-order valence-electron chi connectivity index (χ0n) is 14.5. The van der Waals surface area contributed by atoms with E-state index in [1.807, 2.05) is 0 Å². The van der Waals surface area contributed by atoms with Gasteiger partial charge in [0.05, 0.1) is 11.4 Å². The van der Waals surface area contributed by atoms with Crippen LogP contribution in [-0.4, -0.2) is 18.9 Å². The summed E-state index contributed by atoms with van der Waals surface area (Å²) in [6.45, 7) is 0.184. The van der Waals surface area contributed by atoms with Crippen LogP contribution >= 0.6 is 0 Å². The van der Waals surface area contributed by atoms with Gasteiger partial charge in [-0.3, -0.25) is 9.59 Å². The van der Waals surface area contributed by atoms with E-state index in [9.17, 15) is 22.4 Å². The Bertz CT molecular complexity index is 1170. The van der Waals surface area contributed by atoms with E-state index in [2.05, 4.69) is 5.32 Å². The number of hydrogen-bond acceptors (Lipinski definition) is 4. The minimum atomic E-state index is -3.83. The minimum Gasteiger partial charge on any atom is -0.322 e. The van der Waals surface area contributed by atoms with Crippen molar-refractivity contribution >= 4 is 21.6 Å². The van der Waals surface area contributed by atoms with Crippen molar-refractivity contribution in [3.05, 3.63) is 94.2 Å². The fourth-order valence-electron chi connectivity index (χ4n) is 2.55. The molecule has 7 nitrogen and oxygen atoms in total. The van der Waals surface area contributed by atoms with Crippen LogP contribution in [0.25, 0.3) is 0 Å². The lowest BCUT2D eigenvalue weighted by Crippen LogP contribution is -2.29. The predicted molar refractivity (Wildman–Crippen MR) is 102 cm³/mol. The van der Waals surface area contributed by atoms with Crippen molar-refractivity contribution < 1.29 is 17.6 Å². The number of nitrogens with one attached hydrogen (secondary N) is 1. The summed E-state index contributed by atoms with van der Waals surface area (Å²) in [4.78, 5) is 24.9. The van der Waals surface area contributed by atoms with Gasteiger partial charge in [-0.15, -0.1) is 0 Å². The Morgan fingerprint density at radius 1 is 1.04 bits per heavy atom. The van der Waals surface area contributed by atoms with Crippen LogP contribution in [-0.2, 0) is 16.6 Å². The maximum atomic E-state index is 13.0. The fourth-order valence-corrected chi connectivity index (χ4v) is 3.06. The second kappa shape index (κ2) is 7.75. The largest absolute Gasteiger partial charge is 0.322 e. The normalized spacial score (nSPS) is 11.2. The monoisotopic (exact) mass is 401 g/mol. The highest BCUT2D eigenvalue weighted by Crippen LogP contribution is 2.13. The first-order chi connectivity index (χ1) is 13.2. The average Bonchev–Trinajstić information content (AvgIpc) is 2.65. The average molecular weight is 401 g/mol. The molecule has 0 bridgehead atoms. The summed E-state index contributed by atoms with van der Waals surface area (Å²) in [6.07, 6.45) is 1.53. The van der Waals surface area contributed by atoms with Crippen molar-refractivity contribution in [1.82, 2.24) is 4.57 Å². The van der Waals surface area contributed by atoms with Crippen LogP contribution in [0.1, 0.15) is 15.9 Å². The molecule has 28 heavy (non-hydrogen) atoms. The smallest absolute Gasteiger partial charge is 0.263 e. The second-order valence-corrected chi connectivity index (χ2v) is 7.57. The van der Waals surface area contributed by atoms with E-state index < -0.39 is 21.5 Å². The van der Waals surface area contributed by atoms with E-state index in [1.54, 1.807) is 18.2 Å². The van der Waals surface area contributed by atoms with Crippen molar-refractivity contribution in [2.45, 2.75) is 11.4 Å². The number of primary sulfonamides is 1. The molecule has 9 heteroatoms. The van der Waals surface area contributed by atoms with Gasteiger partial charge in [-0.05, 0) is 54.1 Å². The number of pyridine rings is 1. The minimum absolute atomic E-state index is 0.0832. The number of rotatable bonds is 5. The topological polar surface area (TPSA) is 111 Å². The summed E-state index contributed by atoms with van der Waals surface area (Å²) in [6, 6.07) is 13.9. The Labute approximate surface area is 160 Å². The second-order valence-electron chi connectivity index (χ2n) is 6.00. The van der Waals surface area contributed by atoms with E-state index in [1.165, 1.54) is 53.2 Å². The zero-order valence-corrected chi connectivity index (χ0v) is 15.3. The van der Waals surface area contributed by atoms with Crippen LogP contribution in [0.2, 0.25) is 0 Å². The fraction of sp³-hybridized carbons (Fsp3) is 0.0526. The van der Waals surface area contributed by atoms with E-state index in [4.69, 9.17) is 5.14 Å². The molecular weight excluding hydrogens is 385 g/mol. The lowest BCUT2D eigenvalue weighted by molar-refractivity contribution is 0.102. The third kappa shape index (κ3) is 4.51. The summed E-state index contributed by atoms with van der Waals surface area (Å²) >= 11 is 0. The highest BCUT2D eigenvalue weighted by Gasteiger charge is 2.13. The van der Waals surface area contributed by atoms with Crippen LogP contribution in [0, 0.1) is 5.82 Å². The Morgan fingerprint density at radius 3 is 2.29 bits per heavy atom. The van der Waals surface area contributed by atoms with Crippen molar-refractivity contribution in [2.75, 3.05) is 5.32 Å². The molecule has 144 valence electrons. The molecule has 2 aromatic carbocycles. The first kappa shape index (κ1) is 19.5. The van der Waals surface area contributed by atoms with Gasteiger partial charge in [-0.1, -0.05) is 12.1 Å². The maximum Gasteiger partial charge on any atom is 0.263 e. The molecule has 0 fully saturated rings. The highest BCUT2D eigenvalue weighted by molar-refractivity contribution is 7.89. The standard InChI is InChI=1S/C19H16FN3O4S/c20-14-5-3-13(4-6-14)12-23-11-1-2-17(19(23)25)18(24)22-15-7-9-16(10-8-15)28(21,26)27/h1-11H,12H2,(H,22,24)(H2,21,26,27). The Balaban J connectivity index is 1.80. The molecule has 0 aliphatic carbocycles. The van der Waals surface area contributed by atoms with Crippen LogP contribution in [0.3, 0.4) is 0 Å². The molecule has 0 spiro atoms. The number of nitrogens with zero attached hydrogens (tertiary/aromatic N) is 1. The van der Waals surface area contributed by atoms with Crippen LogP contribution in [0.4, 0.5) is 10.1 Å². The number of hydrogen-bond donors (Lipinski definition) is 2. The van der Waals surface area contributed by atoms with Crippen LogP contribution in [0.15, 0.2) is 76.6 Å². The number of sulfonamides is 1. The molecule has 0 saturated carbocycles. The van der Waals surface area contributed by atoms with Gasteiger partial charge in [0.1, 0.15) is 11.4 Å². The molecule has 3 N–H and O–H groups in total. The first-order valence-corrected chi connectivity index (χ1v) is 9.67. The summed E-state index contributed by atoms with van der Waals surface area (Å²) in [5.41, 5.74) is 0.427. The van der Waals surface area contributed by atoms with Gasteiger partial charge in [0.15, 0.2) is 0 Å². The van der Waals surface area contributed by atoms with Gasteiger partial charge in [0.25, 0.3) is 11.5 Å². The molecule has 0 radical (unpaired) electrons. The van der Waals surface area contributed by atoms with E-state index in [-0.39, 0.29) is 22.8 Å². The SMILES string of the molecule is NS(=O)(=O)c1ccc(NC(=O)c2cccn(Cc3ccc(F)cc3)c2=O)cc1. The van der Waals surface area contributed by atoms with Gasteiger partial charge in [-0.2, -0.15) is 0 Å². The molecule has 1 amide bonds. The van der Waals surface area contributed by atoms with Crippen LogP contribution in [0.5, 0.6) is 0 Å². The molecule has 1 heterocycles. The Kier molecular flexibility index (Phi) is 5.39. The number of aromatic nitrogens is 1. The Morgan fingerprint density at radius 2 is 1.68 bits per heavy atom. The lowest BCUT2D eigenvalue weighted by atomic mass is 10.2. The van der Waals surface area contributed by atoms with Gasteiger partial charge in [0.2, 0.25) is 10.0 Å². The molecular formula is C19H16FN3O4S. The number of amides is 1.